The first-order chi connectivity index (χ1) is 8.43. The van der Waals surface area contributed by atoms with Crippen molar-refractivity contribution in [1.29, 1.82) is 0 Å². The summed E-state index contributed by atoms with van der Waals surface area (Å²) in [5.41, 5.74) is 6.91. The molecule has 0 bridgehead atoms. The molecule has 2 N–H and O–H groups in total. The number of nitrogens with two attached hydrogens (primary N) is 1. The monoisotopic (exact) mass is 327 g/mol. The molecule has 2 rings (SSSR count). The highest BCUT2D eigenvalue weighted by atomic mass is 79.9. The Hall–Kier alpha value is -0.900. The Morgan fingerprint density at radius 3 is 2.50 bits per heavy atom. The van der Waals surface area contributed by atoms with E-state index in [1.54, 1.807) is 0 Å². The minimum Gasteiger partial charge on any atom is -0.318 e. The highest BCUT2D eigenvalue weighted by Crippen LogP contribution is 2.35. The van der Waals surface area contributed by atoms with Crippen molar-refractivity contribution in [2.75, 3.05) is 0 Å². The van der Waals surface area contributed by atoms with Gasteiger partial charge in [0.25, 0.3) is 0 Å². The fourth-order valence-electron chi connectivity index (χ4n) is 1.92. The van der Waals surface area contributed by atoms with E-state index in [2.05, 4.69) is 15.9 Å². The second kappa shape index (κ2) is 5.00. The summed E-state index contributed by atoms with van der Waals surface area (Å²) >= 11 is 9.58. The molecule has 0 heterocycles. The smallest absolute Gasteiger partial charge is 0.123 e. The third-order valence-corrected chi connectivity index (χ3v) is 3.94. The molecule has 4 heteroatoms. The Morgan fingerprint density at radius 1 is 1.17 bits per heavy atom. The summed E-state index contributed by atoms with van der Waals surface area (Å²) < 4.78 is 14.2. The number of halogens is 3. The summed E-state index contributed by atoms with van der Waals surface area (Å²) in [6.45, 7) is 1.81. The van der Waals surface area contributed by atoms with Crippen LogP contribution in [0.25, 0.3) is 0 Å². The lowest BCUT2D eigenvalue weighted by molar-refractivity contribution is 0.580. The van der Waals surface area contributed by atoms with Crippen molar-refractivity contribution in [1.82, 2.24) is 0 Å². The van der Waals surface area contributed by atoms with Crippen LogP contribution in [0.4, 0.5) is 4.39 Å². The zero-order valence-corrected chi connectivity index (χ0v) is 12.1. The zero-order valence-electron chi connectivity index (χ0n) is 9.75. The van der Waals surface area contributed by atoms with Crippen LogP contribution in [0.3, 0.4) is 0 Å². The van der Waals surface area contributed by atoms with Gasteiger partial charge in [-0.3, -0.25) is 0 Å². The molecule has 94 valence electrons. The molecule has 18 heavy (non-hydrogen) atoms. The van der Waals surface area contributed by atoms with Crippen molar-refractivity contribution < 1.29 is 4.39 Å². The molecule has 1 nitrogen and oxygen atoms in total. The van der Waals surface area contributed by atoms with E-state index in [1.807, 2.05) is 31.2 Å². The van der Waals surface area contributed by atoms with Crippen molar-refractivity contribution in [3.63, 3.8) is 0 Å². The van der Waals surface area contributed by atoms with E-state index in [-0.39, 0.29) is 5.82 Å². The van der Waals surface area contributed by atoms with Gasteiger partial charge in [0.1, 0.15) is 5.82 Å². The van der Waals surface area contributed by atoms with Gasteiger partial charge >= 0.3 is 0 Å². The summed E-state index contributed by atoms with van der Waals surface area (Å²) in [6.07, 6.45) is 0. The van der Waals surface area contributed by atoms with E-state index in [0.717, 1.165) is 10.0 Å². The maximum atomic E-state index is 13.4. The molecule has 0 aliphatic rings. The summed E-state index contributed by atoms with van der Waals surface area (Å²) in [6, 6.07) is 11.8. The minimum absolute atomic E-state index is 0.349. The molecule has 0 aromatic heterocycles. The molecule has 0 saturated carbocycles. The number of hydrogen-bond acceptors (Lipinski definition) is 1. The summed E-state index contributed by atoms with van der Waals surface area (Å²) in [5, 5.41) is 0.456. The van der Waals surface area contributed by atoms with Crippen molar-refractivity contribution >= 4 is 27.5 Å². The van der Waals surface area contributed by atoms with Crippen molar-refractivity contribution in [3.05, 3.63) is 68.9 Å². The average molecular weight is 329 g/mol. The Bertz CT molecular complexity index is 584. The summed E-state index contributed by atoms with van der Waals surface area (Å²) in [5.74, 6) is -0.349. The Morgan fingerprint density at radius 2 is 1.83 bits per heavy atom. The topological polar surface area (TPSA) is 26.0 Å². The minimum atomic E-state index is -0.862. The second-order valence-corrected chi connectivity index (χ2v) is 5.57. The van der Waals surface area contributed by atoms with Crippen LogP contribution in [-0.2, 0) is 5.54 Å². The van der Waals surface area contributed by atoms with Gasteiger partial charge in [-0.2, -0.15) is 0 Å². The lowest BCUT2D eigenvalue weighted by atomic mass is 9.85. The maximum absolute atomic E-state index is 13.4. The molecule has 1 unspecified atom stereocenters. The highest BCUT2D eigenvalue weighted by molar-refractivity contribution is 9.10. The Kier molecular flexibility index (Phi) is 3.76. The van der Waals surface area contributed by atoms with Gasteiger partial charge in [0, 0.05) is 9.50 Å². The fourth-order valence-corrected chi connectivity index (χ4v) is 2.93. The molecule has 0 saturated heterocycles. The van der Waals surface area contributed by atoms with E-state index < -0.39 is 5.54 Å². The van der Waals surface area contributed by atoms with Crippen molar-refractivity contribution in [3.8, 4) is 0 Å². The first-order valence-electron chi connectivity index (χ1n) is 5.42. The van der Waals surface area contributed by atoms with Gasteiger partial charge in [-0.05, 0) is 42.3 Å². The van der Waals surface area contributed by atoms with Gasteiger partial charge in [-0.25, -0.2) is 4.39 Å². The number of rotatable bonds is 2. The normalized spacial score (nSPS) is 14.3. The van der Waals surface area contributed by atoms with Crippen molar-refractivity contribution in [2.45, 2.75) is 12.5 Å². The molecule has 2 aromatic rings. The molecule has 0 spiro atoms. The van der Waals surface area contributed by atoms with Gasteiger partial charge in [-0.15, -0.1) is 0 Å². The van der Waals surface area contributed by atoms with E-state index in [4.69, 9.17) is 17.3 Å². The summed E-state index contributed by atoms with van der Waals surface area (Å²) in [7, 11) is 0. The molecule has 0 radical (unpaired) electrons. The first-order valence-corrected chi connectivity index (χ1v) is 6.59. The van der Waals surface area contributed by atoms with Crippen LogP contribution >= 0.6 is 27.5 Å². The van der Waals surface area contributed by atoms with E-state index in [0.29, 0.717) is 10.6 Å². The van der Waals surface area contributed by atoms with Gasteiger partial charge in [0.15, 0.2) is 0 Å². The SMILES string of the molecule is CC(N)(c1cc(F)ccc1Cl)c1ccccc1Br. The Balaban J connectivity index is 2.61. The van der Waals surface area contributed by atoms with Crippen LogP contribution in [0.15, 0.2) is 46.9 Å². The molecular formula is C14H12BrClFN. The largest absolute Gasteiger partial charge is 0.318 e. The predicted molar refractivity (Wildman–Crippen MR) is 76.2 cm³/mol. The van der Waals surface area contributed by atoms with Crippen LogP contribution in [0, 0.1) is 5.82 Å². The van der Waals surface area contributed by atoms with E-state index >= 15 is 0 Å². The molecule has 0 amide bonds. The molecule has 1 atom stereocenters. The number of hydrogen-bond donors (Lipinski definition) is 1. The lowest BCUT2D eigenvalue weighted by Crippen LogP contribution is -2.35. The first kappa shape index (κ1) is 13.5. The van der Waals surface area contributed by atoms with Crippen LogP contribution in [0.2, 0.25) is 5.02 Å². The predicted octanol–water partition coefficient (Wildman–Crippen LogP) is 4.46. The van der Waals surface area contributed by atoms with Gasteiger partial charge in [-0.1, -0.05) is 45.7 Å². The van der Waals surface area contributed by atoms with Gasteiger partial charge in [0.2, 0.25) is 0 Å². The maximum Gasteiger partial charge on any atom is 0.123 e. The highest BCUT2D eigenvalue weighted by Gasteiger charge is 2.28. The standard InChI is InChI=1S/C14H12BrClFN/c1-14(18,10-4-2-3-5-12(10)15)11-8-9(17)6-7-13(11)16/h2-8H,18H2,1H3. The van der Waals surface area contributed by atoms with Gasteiger partial charge < -0.3 is 5.73 Å². The molecule has 2 aromatic carbocycles. The quantitative estimate of drug-likeness (QED) is 0.865. The molecular weight excluding hydrogens is 317 g/mol. The summed E-state index contributed by atoms with van der Waals surface area (Å²) in [4.78, 5) is 0. The lowest BCUT2D eigenvalue weighted by Gasteiger charge is -2.28. The van der Waals surface area contributed by atoms with Crippen LogP contribution in [-0.4, -0.2) is 0 Å². The molecule has 0 aliphatic heterocycles. The third-order valence-electron chi connectivity index (χ3n) is 2.92. The van der Waals surface area contributed by atoms with E-state index in [9.17, 15) is 4.39 Å². The number of benzene rings is 2. The van der Waals surface area contributed by atoms with Crippen LogP contribution in [0.5, 0.6) is 0 Å². The molecule has 0 fully saturated rings. The third kappa shape index (κ3) is 2.44. The van der Waals surface area contributed by atoms with Crippen LogP contribution < -0.4 is 5.73 Å². The fraction of sp³-hybridized carbons (Fsp3) is 0.143. The average Bonchev–Trinajstić information content (AvgIpc) is 2.32. The Labute approximate surface area is 119 Å². The molecule has 0 aliphatic carbocycles. The van der Waals surface area contributed by atoms with Crippen LogP contribution in [0.1, 0.15) is 18.1 Å². The van der Waals surface area contributed by atoms with E-state index in [1.165, 1.54) is 18.2 Å². The second-order valence-electron chi connectivity index (χ2n) is 4.31. The van der Waals surface area contributed by atoms with Crippen molar-refractivity contribution in [2.24, 2.45) is 5.73 Å². The van der Waals surface area contributed by atoms with Gasteiger partial charge in [0.05, 0.1) is 5.54 Å². The zero-order chi connectivity index (χ0) is 13.3.